The van der Waals surface area contributed by atoms with Crippen molar-refractivity contribution in [3.8, 4) is 0 Å². The van der Waals surface area contributed by atoms with E-state index < -0.39 is 0 Å². The first kappa shape index (κ1) is 11.4. The van der Waals surface area contributed by atoms with Crippen molar-refractivity contribution in [2.24, 2.45) is 5.92 Å². The molecule has 0 aromatic heterocycles. The van der Waals surface area contributed by atoms with Crippen LogP contribution in [-0.4, -0.2) is 5.78 Å². The van der Waals surface area contributed by atoms with Crippen LogP contribution in [0.3, 0.4) is 0 Å². The van der Waals surface area contributed by atoms with Gasteiger partial charge in [0, 0.05) is 17.4 Å². The van der Waals surface area contributed by atoms with Crippen LogP contribution in [0.4, 0.5) is 0 Å². The van der Waals surface area contributed by atoms with Crippen molar-refractivity contribution < 1.29 is 4.79 Å². The number of halogens is 1. The molecule has 1 aromatic rings. The zero-order valence-corrected chi connectivity index (χ0v) is 10.1. The van der Waals surface area contributed by atoms with Gasteiger partial charge in [-0.2, -0.15) is 0 Å². The summed E-state index contributed by atoms with van der Waals surface area (Å²) < 4.78 is 0. The molecule has 0 amide bonds. The predicted octanol–water partition coefficient (Wildman–Crippen LogP) is 3.98. The van der Waals surface area contributed by atoms with Crippen molar-refractivity contribution in [2.45, 2.75) is 25.7 Å². The molecule has 0 aliphatic heterocycles. The second-order valence-electron chi connectivity index (χ2n) is 4.20. The fourth-order valence-electron chi connectivity index (χ4n) is 2.31. The van der Waals surface area contributed by atoms with Crippen LogP contribution in [-0.2, 0) is 4.79 Å². The molecule has 16 heavy (non-hydrogen) atoms. The van der Waals surface area contributed by atoms with E-state index in [4.69, 9.17) is 11.6 Å². The van der Waals surface area contributed by atoms with E-state index in [1.165, 1.54) is 0 Å². The van der Waals surface area contributed by atoms with E-state index in [1.54, 1.807) is 0 Å². The van der Waals surface area contributed by atoms with Gasteiger partial charge >= 0.3 is 0 Å². The molecule has 0 heterocycles. The number of Topliss-reactive ketones (excluding diaryl/α,β-unsaturated/α-hetero) is 1. The van der Waals surface area contributed by atoms with Crippen LogP contribution in [0.1, 0.15) is 31.2 Å². The molecule has 2 heteroatoms. The molecule has 84 valence electrons. The molecule has 0 saturated carbocycles. The van der Waals surface area contributed by atoms with Crippen molar-refractivity contribution in [1.82, 2.24) is 0 Å². The Morgan fingerprint density at radius 2 is 2.00 bits per heavy atom. The minimum Gasteiger partial charge on any atom is -0.299 e. The lowest BCUT2D eigenvalue weighted by Crippen LogP contribution is -2.22. The highest BCUT2D eigenvalue weighted by Crippen LogP contribution is 2.33. The predicted molar refractivity (Wildman–Crippen MR) is 66.7 cm³/mol. The van der Waals surface area contributed by atoms with E-state index in [9.17, 15) is 4.79 Å². The maximum absolute atomic E-state index is 12.0. The summed E-state index contributed by atoms with van der Waals surface area (Å²) in [5.74, 6) is 0.673. The number of carbonyl (C=O) groups excluding carboxylic acids is 1. The van der Waals surface area contributed by atoms with Gasteiger partial charge in [0.25, 0.3) is 0 Å². The zero-order chi connectivity index (χ0) is 11.5. The number of ketones is 1. The molecule has 0 bridgehead atoms. The third-order valence-electron chi connectivity index (χ3n) is 3.18. The Kier molecular flexibility index (Phi) is 3.45. The molecule has 2 atom stereocenters. The van der Waals surface area contributed by atoms with Gasteiger partial charge in [-0.3, -0.25) is 4.79 Å². The summed E-state index contributed by atoms with van der Waals surface area (Å²) in [4.78, 5) is 12.0. The van der Waals surface area contributed by atoms with E-state index in [0.717, 1.165) is 17.0 Å². The van der Waals surface area contributed by atoms with Crippen LogP contribution in [0, 0.1) is 5.92 Å². The number of hydrogen-bond donors (Lipinski definition) is 0. The lowest BCUT2D eigenvalue weighted by molar-refractivity contribution is -0.120. The van der Waals surface area contributed by atoms with Gasteiger partial charge in [0.1, 0.15) is 5.78 Å². The fourth-order valence-corrected chi connectivity index (χ4v) is 2.44. The van der Waals surface area contributed by atoms with Crippen LogP contribution < -0.4 is 0 Å². The molecule has 0 N–H and O–H groups in total. The van der Waals surface area contributed by atoms with Crippen LogP contribution in [0.5, 0.6) is 0 Å². The van der Waals surface area contributed by atoms with Crippen LogP contribution in [0.15, 0.2) is 36.4 Å². The molecule has 1 unspecified atom stereocenters. The van der Waals surface area contributed by atoms with Crippen molar-refractivity contribution in [3.63, 3.8) is 0 Å². The maximum atomic E-state index is 12.0. The molecule has 0 saturated heterocycles. The first-order valence-electron chi connectivity index (χ1n) is 5.67. The van der Waals surface area contributed by atoms with Crippen molar-refractivity contribution in [2.75, 3.05) is 0 Å². The minimum atomic E-state index is 0.0206. The Morgan fingerprint density at radius 1 is 1.31 bits per heavy atom. The Hall–Kier alpha value is -1.08. The molecule has 1 aliphatic carbocycles. The summed E-state index contributed by atoms with van der Waals surface area (Å²) in [6, 6.07) is 7.64. The van der Waals surface area contributed by atoms with Gasteiger partial charge in [-0.15, -0.1) is 0 Å². The Morgan fingerprint density at radius 3 is 2.62 bits per heavy atom. The number of benzene rings is 1. The number of allylic oxidation sites excluding steroid dienone is 2. The minimum absolute atomic E-state index is 0.0206. The lowest BCUT2D eigenvalue weighted by atomic mass is 9.77. The highest BCUT2D eigenvalue weighted by molar-refractivity contribution is 6.30. The number of hydrogen-bond acceptors (Lipinski definition) is 1. The summed E-state index contributed by atoms with van der Waals surface area (Å²) >= 11 is 5.86. The van der Waals surface area contributed by atoms with Crippen molar-refractivity contribution in [3.05, 3.63) is 47.0 Å². The van der Waals surface area contributed by atoms with Gasteiger partial charge in [0.05, 0.1) is 0 Å². The van der Waals surface area contributed by atoms with Gasteiger partial charge in [0.15, 0.2) is 0 Å². The highest BCUT2D eigenvalue weighted by atomic mass is 35.5. The Labute approximate surface area is 101 Å². The summed E-state index contributed by atoms with van der Waals surface area (Å²) in [6.45, 7) is 2.12. The summed E-state index contributed by atoms with van der Waals surface area (Å²) in [5.41, 5.74) is 1.09. The molecule has 1 aromatic carbocycles. The monoisotopic (exact) mass is 234 g/mol. The maximum Gasteiger partial charge on any atom is 0.144 e. The highest BCUT2D eigenvalue weighted by Gasteiger charge is 2.28. The van der Waals surface area contributed by atoms with Gasteiger partial charge < -0.3 is 0 Å². The smallest absolute Gasteiger partial charge is 0.144 e. The number of carbonyl (C=O) groups is 1. The van der Waals surface area contributed by atoms with Crippen molar-refractivity contribution in [1.29, 1.82) is 0 Å². The molecule has 1 nitrogen and oxygen atoms in total. The third kappa shape index (κ3) is 2.19. The van der Waals surface area contributed by atoms with Crippen LogP contribution >= 0.6 is 11.6 Å². The molecule has 0 fully saturated rings. The van der Waals surface area contributed by atoms with E-state index in [-0.39, 0.29) is 5.92 Å². The first-order chi connectivity index (χ1) is 7.72. The molecule has 1 aliphatic rings. The van der Waals surface area contributed by atoms with E-state index >= 15 is 0 Å². The van der Waals surface area contributed by atoms with Gasteiger partial charge in [-0.25, -0.2) is 0 Å². The van der Waals surface area contributed by atoms with Crippen molar-refractivity contribution >= 4 is 17.4 Å². The average molecular weight is 235 g/mol. The van der Waals surface area contributed by atoms with Crippen LogP contribution in [0.2, 0.25) is 5.02 Å². The van der Waals surface area contributed by atoms with E-state index in [2.05, 4.69) is 13.0 Å². The number of rotatable bonds is 2. The summed E-state index contributed by atoms with van der Waals surface area (Å²) in [6.07, 6.45) is 5.71. The Bertz CT molecular complexity index is 405. The summed E-state index contributed by atoms with van der Waals surface area (Å²) in [5, 5.41) is 0.718. The molecule has 0 radical (unpaired) electrons. The van der Waals surface area contributed by atoms with E-state index in [0.29, 0.717) is 18.1 Å². The zero-order valence-electron chi connectivity index (χ0n) is 9.32. The quantitative estimate of drug-likeness (QED) is 0.708. The van der Waals surface area contributed by atoms with Gasteiger partial charge in [0.2, 0.25) is 0 Å². The molecular weight excluding hydrogens is 220 g/mol. The van der Waals surface area contributed by atoms with Gasteiger partial charge in [-0.05, 0) is 30.0 Å². The second kappa shape index (κ2) is 4.84. The lowest BCUT2D eigenvalue weighted by Gasteiger charge is -2.25. The topological polar surface area (TPSA) is 17.1 Å². The third-order valence-corrected chi connectivity index (χ3v) is 3.43. The summed E-state index contributed by atoms with van der Waals surface area (Å²) in [7, 11) is 0. The molecule has 0 spiro atoms. The second-order valence-corrected chi connectivity index (χ2v) is 4.64. The fraction of sp³-hybridized carbons (Fsp3) is 0.357. The average Bonchev–Trinajstić information content (AvgIpc) is 2.30. The van der Waals surface area contributed by atoms with Gasteiger partial charge in [-0.1, -0.05) is 42.8 Å². The Balaban J connectivity index is 2.33. The van der Waals surface area contributed by atoms with Crippen LogP contribution in [0.25, 0.3) is 0 Å². The standard InChI is InChI=1S/C14H15ClO/c1-2-10-4-3-5-13(16)14(10)11-6-8-12(15)9-7-11/h3-4,6-10,14H,2,5H2,1H3/t10-,14?/m1/s1. The SMILES string of the molecule is CC[C@@H]1C=CCC(=O)C1c1ccc(Cl)cc1. The molecular formula is C14H15ClO. The first-order valence-corrected chi connectivity index (χ1v) is 6.05. The molecule has 2 rings (SSSR count). The largest absolute Gasteiger partial charge is 0.299 e. The normalized spacial score (nSPS) is 24.8. The van der Waals surface area contributed by atoms with E-state index in [1.807, 2.05) is 30.3 Å².